The molecule has 434 valence electrons. The van der Waals surface area contributed by atoms with Gasteiger partial charge in [0.15, 0.2) is 11.4 Å². The van der Waals surface area contributed by atoms with Crippen LogP contribution in [-0.4, -0.2) is 113 Å². The summed E-state index contributed by atoms with van der Waals surface area (Å²) < 4.78 is 44.4. The van der Waals surface area contributed by atoms with Gasteiger partial charge in [0.05, 0.1) is 85.7 Å². The summed E-state index contributed by atoms with van der Waals surface area (Å²) in [6, 6.07) is 14.9. The number of aryl methyl sites for hydroxylation is 1. The van der Waals surface area contributed by atoms with Crippen molar-refractivity contribution in [3.05, 3.63) is 133 Å². The second-order valence-electron chi connectivity index (χ2n) is 20.5. The fraction of sp³-hybridized carbons (Fsp3) is 0.390. The van der Waals surface area contributed by atoms with Gasteiger partial charge in [0.1, 0.15) is 36.9 Å². The van der Waals surface area contributed by atoms with E-state index in [1.807, 2.05) is 6.07 Å². The quantitative estimate of drug-likeness (QED) is 0.0282. The third-order valence-corrected chi connectivity index (χ3v) is 15.1. The summed E-state index contributed by atoms with van der Waals surface area (Å²) in [5.41, 5.74) is 8.44. The first-order chi connectivity index (χ1) is 39.9. The highest BCUT2D eigenvalue weighted by Crippen LogP contribution is 2.46. The van der Waals surface area contributed by atoms with Crippen molar-refractivity contribution in [3.63, 3.8) is 0 Å². The van der Waals surface area contributed by atoms with Crippen molar-refractivity contribution in [3.8, 4) is 23.2 Å². The van der Waals surface area contributed by atoms with Crippen molar-refractivity contribution in [2.24, 2.45) is 5.73 Å². The Morgan fingerprint density at radius 2 is 1.71 bits per heavy atom. The van der Waals surface area contributed by atoms with Gasteiger partial charge < -0.3 is 60.4 Å². The first kappa shape index (κ1) is 58.8. The smallest absolute Gasteiger partial charge is 0.407 e. The first-order valence-electron chi connectivity index (χ1n) is 27.3. The average Bonchev–Trinajstić information content (AvgIpc) is 2.02. The standard InChI is InChI=1S/C59H62FN9O14/c1-4-59(78)41-25-46-52-39(29-69(46)55(74)40(41)31-81-57(59)76)51-43(17-16-38-32(2)42(60)26-45(65-52)50(38)51)67-58(77)82-30-35-8-12-36(13-9-35)64-54(73)44(7-5-6-19-61)66-53(72)33(3)63-48(70)18-21-79-23-24-80-22-20-68-49(71)27-47(56(68)75)83-37-14-10-34(28-62)11-15-37/h8-15,25-27,33,43-44,78H,4-7,16-24,29-31,61H2,1-3H3,(H,63,70)(H,64,73)(H,66,72)(H,67,77)/t33-,43?,44-,59-/m0/s1. The number of amides is 6. The number of benzene rings is 3. The molecule has 0 radical (unpaired) electrons. The average molecular weight is 1140 g/mol. The summed E-state index contributed by atoms with van der Waals surface area (Å²) in [5.74, 6) is -3.92. The van der Waals surface area contributed by atoms with Crippen molar-refractivity contribution in [1.82, 2.24) is 30.4 Å². The molecule has 1 unspecified atom stereocenters. The number of carbonyl (C=O) groups excluding carboxylic acids is 7. The van der Waals surface area contributed by atoms with Gasteiger partial charge in [0, 0.05) is 34.7 Å². The van der Waals surface area contributed by atoms with E-state index >= 15 is 4.39 Å². The molecule has 4 aliphatic rings. The van der Waals surface area contributed by atoms with E-state index in [4.69, 9.17) is 39.7 Å². The van der Waals surface area contributed by atoms with Crippen LogP contribution in [0.3, 0.4) is 0 Å². The van der Waals surface area contributed by atoms with Crippen LogP contribution in [0.4, 0.5) is 14.9 Å². The maximum atomic E-state index is 15.4. The van der Waals surface area contributed by atoms with Crippen LogP contribution in [-0.2, 0) is 79.5 Å². The maximum Gasteiger partial charge on any atom is 0.407 e. The molecule has 1 aliphatic carbocycles. The molecule has 2 aromatic heterocycles. The number of ether oxygens (including phenoxy) is 5. The molecule has 23 nitrogen and oxygen atoms in total. The Labute approximate surface area is 475 Å². The zero-order valence-electron chi connectivity index (χ0n) is 45.9. The number of alkyl carbamates (subject to hydrolysis) is 1. The number of halogens is 1. The topological polar surface area (TPSA) is 322 Å². The molecule has 24 heteroatoms. The summed E-state index contributed by atoms with van der Waals surface area (Å²) in [7, 11) is 0. The lowest BCUT2D eigenvalue weighted by Crippen LogP contribution is -2.51. The molecule has 5 heterocycles. The fourth-order valence-electron chi connectivity index (χ4n) is 10.5. The number of anilines is 1. The van der Waals surface area contributed by atoms with E-state index in [0.717, 1.165) is 16.5 Å². The fourth-order valence-corrected chi connectivity index (χ4v) is 10.5. The number of pyridine rings is 2. The molecule has 0 saturated carbocycles. The van der Waals surface area contributed by atoms with Crippen LogP contribution < -0.4 is 37.3 Å². The van der Waals surface area contributed by atoms with Gasteiger partial charge in [-0.2, -0.15) is 5.26 Å². The minimum atomic E-state index is -2.04. The van der Waals surface area contributed by atoms with Crippen LogP contribution >= 0.6 is 0 Å². The molecular weight excluding hydrogens is 1080 g/mol. The van der Waals surface area contributed by atoms with Gasteiger partial charge in [-0.1, -0.05) is 19.1 Å². The van der Waals surface area contributed by atoms with Crippen molar-refractivity contribution in [2.45, 2.75) is 109 Å². The first-order valence-corrected chi connectivity index (χ1v) is 27.3. The van der Waals surface area contributed by atoms with Crippen LogP contribution in [0, 0.1) is 24.1 Å². The molecule has 0 fully saturated rings. The second-order valence-corrected chi connectivity index (χ2v) is 20.5. The van der Waals surface area contributed by atoms with E-state index in [1.165, 1.54) is 41.8 Å². The number of aliphatic hydroxyl groups is 1. The number of esters is 1. The third kappa shape index (κ3) is 12.6. The molecule has 3 aromatic carbocycles. The molecule has 3 aliphatic heterocycles. The normalized spacial score (nSPS) is 17.3. The number of imide groups is 1. The lowest BCUT2D eigenvalue weighted by Gasteiger charge is -2.31. The summed E-state index contributed by atoms with van der Waals surface area (Å²) in [6.07, 6.45) is 2.39. The van der Waals surface area contributed by atoms with Crippen LogP contribution in [0.1, 0.15) is 103 Å². The predicted molar refractivity (Wildman–Crippen MR) is 294 cm³/mol. The maximum absolute atomic E-state index is 15.4. The number of aromatic nitrogens is 2. The Balaban J connectivity index is 0.728. The predicted octanol–water partition coefficient (Wildman–Crippen LogP) is 4.12. The SMILES string of the molecule is CC[C@@]1(O)C(=O)OCc2c1cc1n(c2=O)Cc2c-1nc1cc(F)c(C)c3c1c2C(NC(=O)OCc1ccc(NC(=O)[C@H](CCCCN)NC(=O)[C@H](C)NC(=O)CCOCCOCCN2C(=O)C=C(Oc4ccc(C#N)cc4)C2=O)cc1)CC3. The van der Waals surface area contributed by atoms with E-state index in [9.17, 15) is 43.5 Å². The van der Waals surface area contributed by atoms with Gasteiger partial charge in [-0.15, -0.1) is 0 Å². The number of hydrogen-bond donors (Lipinski definition) is 6. The molecule has 9 rings (SSSR count). The highest BCUT2D eigenvalue weighted by Gasteiger charge is 2.46. The van der Waals surface area contributed by atoms with Gasteiger partial charge in [-0.05, 0) is 124 Å². The number of nitrogens with two attached hydrogens (primary N) is 1. The van der Waals surface area contributed by atoms with Crippen molar-refractivity contribution in [1.29, 1.82) is 5.26 Å². The minimum Gasteiger partial charge on any atom is -0.458 e. The van der Waals surface area contributed by atoms with Crippen molar-refractivity contribution in [2.75, 3.05) is 44.8 Å². The largest absolute Gasteiger partial charge is 0.458 e. The zero-order chi connectivity index (χ0) is 59.1. The molecule has 83 heavy (non-hydrogen) atoms. The second kappa shape index (κ2) is 25.5. The highest BCUT2D eigenvalue weighted by atomic mass is 19.1. The van der Waals surface area contributed by atoms with Gasteiger partial charge in [0.25, 0.3) is 17.4 Å². The Morgan fingerprint density at radius 3 is 2.43 bits per heavy atom. The van der Waals surface area contributed by atoms with Gasteiger partial charge in [-0.25, -0.2) is 19.0 Å². The lowest BCUT2D eigenvalue weighted by atomic mass is 9.81. The number of rotatable bonds is 24. The Morgan fingerprint density at radius 1 is 0.964 bits per heavy atom. The monoisotopic (exact) mass is 1140 g/mol. The van der Waals surface area contributed by atoms with Gasteiger partial charge in [0.2, 0.25) is 17.7 Å². The summed E-state index contributed by atoms with van der Waals surface area (Å²) in [4.78, 5) is 111. The van der Waals surface area contributed by atoms with Crippen molar-refractivity contribution < 1.29 is 66.7 Å². The number of nitrogens with one attached hydrogen (secondary N) is 4. The summed E-state index contributed by atoms with van der Waals surface area (Å²) in [5, 5.41) is 32.2. The number of unbranched alkanes of at least 4 members (excludes halogenated alkanes) is 1. The molecule has 0 saturated heterocycles. The third-order valence-electron chi connectivity index (χ3n) is 15.1. The molecule has 7 N–H and O–H groups in total. The van der Waals surface area contributed by atoms with Gasteiger partial charge >= 0.3 is 12.1 Å². The van der Waals surface area contributed by atoms with E-state index < -0.39 is 76.7 Å². The van der Waals surface area contributed by atoms with Crippen molar-refractivity contribution >= 4 is 58.2 Å². The van der Waals surface area contributed by atoms with Crippen LogP contribution in [0.2, 0.25) is 0 Å². The van der Waals surface area contributed by atoms with Gasteiger partial charge in [-0.3, -0.25) is 33.7 Å². The van der Waals surface area contributed by atoms with E-state index in [0.29, 0.717) is 93.8 Å². The number of nitrogens with zero attached hydrogens (tertiary/aromatic N) is 4. The van der Waals surface area contributed by atoms with E-state index in [2.05, 4.69) is 21.3 Å². The number of hydrogen-bond acceptors (Lipinski definition) is 17. The molecule has 4 atom stereocenters. The number of cyclic esters (lactones) is 1. The zero-order valence-corrected chi connectivity index (χ0v) is 45.9. The molecular formula is C59H62FN9O14. The van der Waals surface area contributed by atoms with E-state index in [-0.39, 0.29) is 88.9 Å². The number of fused-ring (bicyclic) bond motifs is 5. The Bertz CT molecular complexity index is 3540. The Hall–Kier alpha value is -8.89. The molecule has 5 aromatic rings. The van der Waals surface area contributed by atoms with Crippen LogP contribution in [0.25, 0.3) is 22.3 Å². The lowest BCUT2D eigenvalue weighted by molar-refractivity contribution is -0.172. The number of nitriles is 1. The minimum absolute atomic E-state index is 0.00485. The number of carbonyl (C=O) groups is 7. The molecule has 0 spiro atoms. The van der Waals surface area contributed by atoms with Crippen LogP contribution in [0.15, 0.2) is 77.3 Å². The summed E-state index contributed by atoms with van der Waals surface area (Å²) in [6.45, 7) is 4.97. The highest BCUT2D eigenvalue weighted by molar-refractivity contribution is 6.15. The molecule has 0 bridgehead atoms. The van der Waals surface area contributed by atoms with E-state index in [1.54, 1.807) is 44.2 Å². The van der Waals surface area contributed by atoms with Crippen LogP contribution in [0.5, 0.6) is 5.75 Å². The molecule has 6 amide bonds. The Kier molecular flexibility index (Phi) is 18.0. The summed E-state index contributed by atoms with van der Waals surface area (Å²) >= 11 is 0.